The monoisotopic (exact) mass is 347 g/mol. The number of hydrazone groups is 1. The van der Waals surface area contributed by atoms with Crippen molar-refractivity contribution in [2.24, 2.45) is 11.0 Å². The van der Waals surface area contributed by atoms with Gasteiger partial charge in [0, 0.05) is 11.6 Å². The van der Waals surface area contributed by atoms with E-state index >= 15 is 0 Å². The maximum atomic E-state index is 12.2. The average Bonchev–Trinajstić information content (AvgIpc) is 2.53. The fourth-order valence-corrected chi connectivity index (χ4v) is 2.59. The summed E-state index contributed by atoms with van der Waals surface area (Å²) in [5.41, 5.74) is 5.14. The van der Waals surface area contributed by atoms with Gasteiger partial charge in [-0.15, -0.1) is 0 Å². The standard InChI is InChI=1S/C17H18ClN3O3/c1-10(2)12-5-4-11(3)15(8-12)19-20-17(22)13-6-7-14(18)16(9-13)21(23)24/h4,6-7,9,12H,1,5,8H2,2-3H3,(H,20,22)/b19-15-. The lowest BCUT2D eigenvalue weighted by molar-refractivity contribution is -0.384. The van der Waals surface area contributed by atoms with Gasteiger partial charge in [0.2, 0.25) is 0 Å². The number of nitrogens with zero attached hydrogens (tertiary/aromatic N) is 2. The van der Waals surface area contributed by atoms with Crippen LogP contribution in [0.3, 0.4) is 0 Å². The van der Waals surface area contributed by atoms with Gasteiger partial charge in [-0.3, -0.25) is 14.9 Å². The number of amides is 1. The maximum Gasteiger partial charge on any atom is 0.288 e. The van der Waals surface area contributed by atoms with Crippen molar-refractivity contribution >= 4 is 28.9 Å². The van der Waals surface area contributed by atoms with Crippen LogP contribution < -0.4 is 5.43 Å². The molecule has 1 aromatic rings. The van der Waals surface area contributed by atoms with Gasteiger partial charge in [-0.1, -0.05) is 29.8 Å². The van der Waals surface area contributed by atoms with E-state index in [0.717, 1.165) is 29.3 Å². The van der Waals surface area contributed by atoms with Crippen LogP contribution in [-0.4, -0.2) is 16.5 Å². The summed E-state index contributed by atoms with van der Waals surface area (Å²) in [6, 6.07) is 3.88. The minimum Gasteiger partial charge on any atom is -0.267 e. The summed E-state index contributed by atoms with van der Waals surface area (Å²) in [6.45, 7) is 7.88. The lowest BCUT2D eigenvalue weighted by atomic mass is 9.85. The molecule has 0 heterocycles. The molecule has 0 saturated carbocycles. The zero-order valence-electron chi connectivity index (χ0n) is 13.5. The van der Waals surface area contributed by atoms with Crippen LogP contribution >= 0.6 is 11.6 Å². The van der Waals surface area contributed by atoms with Crippen LogP contribution in [0.2, 0.25) is 5.02 Å². The highest BCUT2D eigenvalue weighted by atomic mass is 35.5. The first-order valence-electron chi connectivity index (χ1n) is 7.43. The van der Waals surface area contributed by atoms with Gasteiger partial charge in [-0.25, -0.2) is 5.43 Å². The van der Waals surface area contributed by atoms with Gasteiger partial charge >= 0.3 is 0 Å². The zero-order chi connectivity index (χ0) is 17.9. The Kier molecular flexibility index (Phi) is 5.51. The van der Waals surface area contributed by atoms with Gasteiger partial charge in [-0.05, 0) is 50.3 Å². The van der Waals surface area contributed by atoms with E-state index in [1.54, 1.807) is 0 Å². The first-order chi connectivity index (χ1) is 11.3. The van der Waals surface area contributed by atoms with Crippen molar-refractivity contribution in [3.05, 3.63) is 62.7 Å². The van der Waals surface area contributed by atoms with Crippen molar-refractivity contribution < 1.29 is 9.72 Å². The van der Waals surface area contributed by atoms with Gasteiger partial charge in [0.05, 0.1) is 10.6 Å². The summed E-state index contributed by atoms with van der Waals surface area (Å²) >= 11 is 5.74. The Bertz CT molecular complexity index is 768. The minimum atomic E-state index is -0.628. The van der Waals surface area contributed by atoms with Crippen LogP contribution in [0.15, 0.2) is 47.1 Å². The van der Waals surface area contributed by atoms with Crippen molar-refractivity contribution in [1.29, 1.82) is 0 Å². The predicted molar refractivity (Wildman–Crippen MR) is 94.3 cm³/mol. The summed E-state index contributed by atoms with van der Waals surface area (Å²) in [7, 11) is 0. The highest BCUT2D eigenvalue weighted by Crippen LogP contribution is 2.27. The molecule has 6 nitrogen and oxygen atoms in total. The third-order valence-electron chi connectivity index (χ3n) is 4.00. The van der Waals surface area contributed by atoms with Crippen LogP contribution in [0.4, 0.5) is 5.69 Å². The molecule has 0 aliphatic heterocycles. The van der Waals surface area contributed by atoms with Crippen molar-refractivity contribution in [1.82, 2.24) is 5.43 Å². The average molecular weight is 348 g/mol. The Morgan fingerprint density at radius 2 is 2.21 bits per heavy atom. The number of nitro groups is 1. The quantitative estimate of drug-likeness (QED) is 0.501. The second kappa shape index (κ2) is 7.40. The van der Waals surface area contributed by atoms with Gasteiger partial charge < -0.3 is 0 Å². The number of hydrogen-bond acceptors (Lipinski definition) is 4. The molecule has 0 spiro atoms. The first-order valence-corrected chi connectivity index (χ1v) is 7.80. The number of allylic oxidation sites excluding steroid dienone is 3. The molecule has 1 amide bonds. The first kappa shape index (κ1) is 17.9. The molecule has 1 N–H and O–H groups in total. The van der Waals surface area contributed by atoms with E-state index in [4.69, 9.17) is 11.6 Å². The fourth-order valence-electron chi connectivity index (χ4n) is 2.40. The topological polar surface area (TPSA) is 84.6 Å². The van der Waals surface area contributed by atoms with Crippen molar-refractivity contribution in [2.75, 3.05) is 0 Å². The third kappa shape index (κ3) is 4.08. The number of nitrogens with one attached hydrogen (secondary N) is 1. The SMILES string of the molecule is C=C(C)C1CC=C(C)/C(=N\NC(=O)c2ccc(Cl)c([N+](=O)[O-])c2)C1. The molecule has 1 unspecified atom stereocenters. The summed E-state index contributed by atoms with van der Waals surface area (Å²) < 4.78 is 0. The number of nitro benzene ring substituents is 1. The van der Waals surface area contributed by atoms with E-state index in [9.17, 15) is 14.9 Å². The summed E-state index contributed by atoms with van der Waals surface area (Å²) in [5, 5.41) is 15.1. The zero-order valence-corrected chi connectivity index (χ0v) is 14.3. The summed E-state index contributed by atoms with van der Waals surface area (Å²) in [6.07, 6.45) is 3.69. The van der Waals surface area contributed by atoms with E-state index in [1.807, 2.05) is 13.8 Å². The number of hydrogen-bond donors (Lipinski definition) is 1. The highest BCUT2D eigenvalue weighted by molar-refractivity contribution is 6.32. The third-order valence-corrected chi connectivity index (χ3v) is 4.32. The fraction of sp³-hybridized carbons (Fsp3) is 0.294. The molecule has 24 heavy (non-hydrogen) atoms. The van der Waals surface area contributed by atoms with E-state index in [2.05, 4.69) is 23.2 Å². The molecule has 1 aliphatic rings. The molecule has 0 aromatic heterocycles. The second-order valence-corrected chi connectivity index (χ2v) is 6.20. The minimum absolute atomic E-state index is 0.0155. The summed E-state index contributed by atoms with van der Waals surface area (Å²) in [4.78, 5) is 22.4. The molecule has 0 radical (unpaired) electrons. The van der Waals surface area contributed by atoms with Crippen LogP contribution in [0.1, 0.15) is 37.0 Å². The lowest BCUT2D eigenvalue weighted by Crippen LogP contribution is -2.23. The van der Waals surface area contributed by atoms with Crippen LogP contribution in [0, 0.1) is 16.0 Å². The Morgan fingerprint density at radius 1 is 1.50 bits per heavy atom. The smallest absolute Gasteiger partial charge is 0.267 e. The molecule has 126 valence electrons. The number of halogens is 1. The van der Waals surface area contributed by atoms with Crippen molar-refractivity contribution in [2.45, 2.75) is 26.7 Å². The summed E-state index contributed by atoms with van der Waals surface area (Å²) in [5.74, 6) is -0.214. The maximum absolute atomic E-state index is 12.2. The van der Waals surface area contributed by atoms with Crippen LogP contribution in [-0.2, 0) is 0 Å². The lowest BCUT2D eigenvalue weighted by Gasteiger charge is -2.22. The van der Waals surface area contributed by atoms with E-state index in [1.165, 1.54) is 12.1 Å². The second-order valence-electron chi connectivity index (χ2n) is 5.79. The van der Waals surface area contributed by atoms with E-state index in [0.29, 0.717) is 12.3 Å². The molecular formula is C17H18ClN3O3. The molecule has 1 aromatic carbocycles. The molecule has 1 atom stereocenters. The molecule has 7 heteroatoms. The molecule has 2 rings (SSSR count). The van der Waals surface area contributed by atoms with Crippen LogP contribution in [0.25, 0.3) is 0 Å². The van der Waals surface area contributed by atoms with Crippen LogP contribution in [0.5, 0.6) is 0 Å². The number of carbonyl (C=O) groups excluding carboxylic acids is 1. The molecule has 0 saturated heterocycles. The molecule has 0 fully saturated rings. The van der Waals surface area contributed by atoms with E-state index < -0.39 is 10.8 Å². The Hall–Kier alpha value is -2.47. The van der Waals surface area contributed by atoms with Gasteiger partial charge in [-0.2, -0.15) is 5.10 Å². The largest absolute Gasteiger partial charge is 0.288 e. The molecule has 0 bridgehead atoms. The number of carbonyl (C=O) groups is 1. The molecular weight excluding hydrogens is 330 g/mol. The van der Waals surface area contributed by atoms with Gasteiger partial charge in [0.15, 0.2) is 0 Å². The Morgan fingerprint density at radius 3 is 2.83 bits per heavy atom. The molecule has 1 aliphatic carbocycles. The number of benzene rings is 1. The van der Waals surface area contributed by atoms with Gasteiger partial charge in [0.25, 0.3) is 11.6 Å². The predicted octanol–water partition coefficient (Wildman–Crippen LogP) is 4.27. The van der Waals surface area contributed by atoms with Crippen molar-refractivity contribution in [3.63, 3.8) is 0 Å². The Labute approximate surface area is 145 Å². The normalized spacial score (nSPS) is 18.9. The Balaban J connectivity index is 2.16. The van der Waals surface area contributed by atoms with Crippen molar-refractivity contribution in [3.8, 4) is 0 Å². The van der Waals surface area contributed by atoms with Gasteiger partial charge in [0.1, 0.15) is 5.02 Å². The van der Waals surface area contributed by atoms with E-state index in [-0.39, 0.29) is 16.3 Å². The highest BCUT2D eigenvalue weighted by Gasteiger charge is 2.20. The number of rotatable bonds is 4.